The number of rotatable bonds is 4. The number of nitro groups is 1. The van der Waals surface area contributed by atoms with Crippen molar-refractivity contribution < 1.29 is 32.8 Å². The second-order valence-electron chi connectivity index (χ2n) is 7.11. The Bertz CT molecular complexity index is 1450. The number of non-ortho nitro benzene ring substituents is 1. The van der Waals surface area contributed by atoms with Crippen LogP contribution in [0, 0.1) is 17.0 Å². The summed E-state index contributed by atoms with van der Waals surface area (Å²) in [5.74, 6) is -2.99. The van der Waals surface area contributed by atoms with Gasteiger partial charge in [0.1, 0.15) is 11.3 Å². The van der Waals surface area contributed by atoms with Gasteiger partial charge in [-0.2, -0.15) is 13.2 Å². The molecular weight excluding hydrogens is 429 g/mol. The van der Waals surface area contributed by atoms with Crippen molar-refractivity contribution in [1.29, 1.82) is 0 Å². The molecule has 2 heterocycles. The van der Waals surface area contributed by atoms with Crippen molar-refractivity contribution >= 4 is 33.9 Å². The molecule has 2 aromatic heterocycles. The Morgan fingerprint density at radius 1 is 1.03 bits per heavy atom. The average molecular weight is 442 g/mol. The highest BCUT2D eigenvalue weighted by atomic mass is 19.4. The molecule has 32 heavy (non-hydrogen) atoms. The number of fused-ring (bicyclic) bond motifs is 3. The summed E-state index contributed by atoms with van der Waals surface area (Å²) in [6.07, 6.45) is -5.10. The monoisotopic (exact) mass is 442 g/mol. The van der Waals surface area contributed by atoms with Crippen molar-refractivity contribution in [2.75, 3.05) is 0 Å². The van der Waals surface area contributed by atoms with Gasteiger partial charge < -0.3 is 9.51 Å². The number of aryl methyl sites for hydroxylation is 1. The number of pyridine rings is 1. The molecule has 10 heteroatoms. The van der Waals surface area contributed by atoms with Gasteiger partial charge in [-0.05, 0) is 30.0 Å². The molecule has 162 valence electrons. The van der Waals surface area contributed by atoms with E-state index in [2.05, 4.69) is 0 Å². The van der Waals surface area contributed by atoms with Gasteiger partial charge in [-0.1, -0.05) is 30.3 Å². The SMILES string of the molecule is Cc1cc2ccccc2n2c(C(F)(F)F)c(C(=O)O)c(C(=O)c3cccc([N+](=O)[O-])c3)c12. The summed E-state index contributed by atoms with van der Waals surface area (Å²) in [5, 5.41) is 21.2. The standard InChI is InChI=1S/C22H13F3N2O5/c1-11-9-12-5-2-3-8-15(12)26-18(11)16(17(21(29)30)20(26)22(23,24)25)19(28)13-6-4-7-14(10-13)27(31)32/h2-10H,1H3,(H,29,30). The van der Waals surface area contributed by atoms with Crippen LogP contribution in [0.2, 0.25) is 0 Å². The minimum absolute atomic E-state index is 0.0704. The minimum atomic E-state index is -5.10. The number of hydrogen-bond acceptors (Lipinski definition) is 4. The van der Waals surface area contributed by atoms with Crippen molar-refractivity contribution in [1.82, 2.24) is 4.40 Å². The summed E-state index contributed by atoms with van der Waals surface area (Å²) in [6.45, 7) is 1.47. The molecule has 2 aromatic carbocycles. The predicted octanol–water partition coefficient (Wildman–Crippen LogP) is 5.26. The van der Waals surface area contributed by atoms with Crippen LogP contribution in [0.15, 0.2) is 54.6 Å². The van der Waals surface area contributed by atoms with Crippen LogP contribution in [0.25, 0.3) is 16.4 Å². The molecule has 0 atom stereocenters. The van der Waals surface area contributed by atoms with E-state index in [1.54, 1.807) is 18.2 Å². The summed E-state index contributed by atoms with van der Waals surface area (Å²) in [6, 6.07) is 12.1. The molecule has 0 bridgehead atoms. The maximum absolute atomic E-state index is 14.2. The number of alkyl halides is 3. The van der Waals surface area contributed by atoms with Gasteiger partial charge in [0.15, 0.2) is 5.78 Å². The zero-order chi connectivity index (χ0) is 23.4. The second-order valence-corrected chi connectivity index (χ2v) is 7.11. The van der Waals surface area contributed by atoms with E-state index >= 15 is 0 Å². The third-order valence-corrected chi connectivity index (χ3v) is 5.12. The molecule has 0 radical (unpaired) electrons. The van der Waals surface area contributed by atoms with Crippen LogP contribution in [0.5, 0.6) is 0 Å². The largest absolute Gasteiger partial charge is 0.478 e. The number of hydrogen-bond donors (Lipinski definition) is 1. The Morgan fingerprint density at radius 3 is 2.34 bits per heavy atom. The fourth-order valence-corrected chi connectivity index (χ4v) is 3.90. The van der Waals surface area contributed by atoms with E-state index in [4.69, 9.17) is 0 Å². The summed E-state index contributed by atoms with van der Waals surface area (Å²) in [7, 11) is 0. The number of benzene rings is 2. The predicted molar refractivity (Wildman–Crippen MR) is 108 cm³/mol. The number of carbonyl (C=O) groups excluding carboxylic acids is 1. The normalized spacial score (nSPS) is 11.8. The van der Waals surface area contributed by atoms with E-state index in [9.17, 15) is 38.0 Å². The van der Waals surface area contributed by atoms with Crippen LogP contribution in [0.3, 0.4) is 0 Å². The van der Waals surface area contributed by atoms with Crippen molar-refractivity contribution in [3.05, 3.63) is 92.7 Å². The van der Waals surface area contributed by atoms with E-state index in [1.807, 2.05) is 0 Å². The molecule has 0 saturated heterocycles. The first-order chi connectivity index (χ1) is 15.0. The number of nitrogens with zero attached hydrogens (tertiary/aromatic N) is 2. The molecular formula is C22H13F3N2O5. The quantitative estimate of drug-likeness (QED) is 0.264. The van der Waals surface area contributed by atoms with E-state index in [-0.39, 0.29) is 22.2 Å². The lowest BCUT2D eigenvalue weighted by Gasteiger charge is -2.12. The van der Waals surface area contributed by atoms with E-state index in [0.29, 0.717) is 5.39 Å². The highest BCUT2D eigenvalue weighted by Gasteiger charge is 2.43. The number of carbonyl (C=O) groups is 2. The van der Waals surface area contributed by atoms with Crippen LogP contribution in [-0.2, 0) is 6.18 Å². The Labute approximate surface area is 177 Å². The summed E-state index contributed by atoms with van der Waals surface area (Å²) < 4.78 is 43.2. The number of halogens is 3. The van der Waals surface area contributed by atoms with Crippen LogP contribution in [0.4, 0.5) is 18.9 Å². The molecule has 0 aliphatic carbocycles. The van der Waals surface area contributed by atoms with Gasteiger partial charge in [-0.3, -0.25) is 14.9 Å². The second kappa shape index (κ2) is 7.19. The van der Waals surface area contributed by atoms with Crippen molar-refractivity contribution in [3.8, 4) is 0 Å². The fraction of sp³-hybridized carbons (Fsp3) is 0.0909. The Balaban J connectivity index is 2.21. The Kier molecular flexibility index (Phi) is 4.73. The van der Waals surface area contributed by atoms with Gasteiger partial charge >= 0.3 is 12.1 Å². The highest BCUT2D eigenvalue weighted by molar-refractivity contribution is 6.20. The molecule has 0 unspecified atom stereocenters. The fourth-order valence-electron chi connectivity index (χ4n) is 3.90. The molecule has 0 amide bonds. The molecule has 4 aromatic rings. The number of ketones is 1. The number of para-hydroxylation sites is 1. The number of carboxylic acid groups (broad SMARTS) is 1. The van der Waals surface area contributed by atoms with Gasteiger partial charge in [0.25, 0.3) is 5.69 Å². The zero-order valence-corrected chi connectivity index (χ0v) is 16.3. The van der Waals surface area contributed by atoms with Crippen LogP contribution < -0.4 is 0 Å². The summed E-state index contributed by atoms with van der Waals surface area (Å²) >= 11 is 0. The van der Waals surface area contributed by atoms with Crippen molar-refractivity contribution in [3.63, 3.8) is 0 Å². The van der Waals surface area contributed by atoms with E-state index < -0.39 is 45.4 Å². The first kappa shape index (κ1) is 21.0. The van der Waals surface area contributed by atoms with E-state index in [1.165, 1.54) is 31.2 Å². The average Bonchev–Trinajstić information content (AvgIpc) is 3.11. The first-order valence-corrected chi connectivity index (χ1v) is 9.18. The molecule has 0 spiro atoms. The number of aromatic nitrogens is 1. The molecule has 4 rings (SSSR count). The van der Waals surface area contributed by atoms with Crippen LogP contribution in [-0.4, -0.2) is 26.2 Å². The summed E-state index contributed by atoms with van der Waals surface area (Å²) in [5.41, 5.74) is -4.01. The Hall–Kier alpha value is -4.21. The maximum atomic E-state index is 14.2. The molecule has 7 nitrogen and oxygen atoms in total. The topological polar surface area (TPSA) is 102 Å². The molecule has 0 aliphatic rings. The Morgan fingerprint density at radius 2 is 1.72 bits per heavy atom. The molecule has 0 fully saturated rings. The van der Waals surface area contributed by atoms with Gasteiger partial charge in [-0.25, -0.2) is 4.79 Å². The number of nitro benzene ring substituents is 1. The van der Waals surface area contributed by atoms with Gasteiger partial charge in [-0.15, -0.1) is 0 Å². The maximum Gasteiger partial charge on any atom is 0.432 e. The third kappa shape index (κ3) is 3.16. The zero-order valence-electron chi connectivity index (χ0n) is 16.3. The molecule has 1 N–H and O–H groups in total. The van der Waals surface area contributed by atoms with Crippen molar-refractivity contribution in [2.24, 2.45) is 0 Å². The van der Waals surface area contributed by atoms with Gasteiger partial charge in [0.2, 0.25) is 0 Å². The van der Waals surface area contributed by atoms with Gasteiger partial charge in [0, 0.05) is 17.7 Å². The summed E-state index contributed by atoms with van der Waals surface area (Å²) in [4.78, 5) is 35.7. The van der Waals surface area contributed by atoms with E-state index in [0.717, 1.165) is 16.5 Å². The lowest BCUT2D eigenvalue weighted by Crippen LogP contribution is -2.16. The van der Waals surface area contributed by atoms with Crippen LogP contribution >= 0.6 is 0 Å². The lowest BCUT2D eigenvalue weighted by atomic mass is 9.97. The minimum Gasteiger partial charge on any atom is -0.478 e. The first-order valence-electron chi connectivity index (χ1n) is 9.18. The van der Waals surface area contributed by atoms with Gasteiger partial charge in [0.05, 0.1) is 21.5 Å². The smallest absolute Gasteiger partial charge is 0.432 e. The molecule has 0 saturated carbocycles. The molecule has 0 aliphatic heterocycles. The third-order valence-electron chi connectivity index (χ3n) is 5.12. The lowest BCUT2D eigenvalue weighted by molar-refractivity contribution is -0.384. The number of aromatic carboxylic acids is 1. The highest BCUT2D eigenvalue weighted by Crippen LogP contribution is 2.41. The van der Waals surface area contributed by atoms with Crippen molar-refractivity contribution in [2.45, 2.75) is 13.1 Å². The number of carboxylic acids is 1. The van der Waals surface area contributed by atoms with Crippen LogP contribution in [0.1, 0.15) is 37.5 Å².